The number of hydrogen-bond acceptors (Lipinski definition) is 5. The number of hydrogen-bond donors (Lipinski definition) is 1. The van der Waals surface area contributed by atoms with Gasteiger partial charge in [0.2, 0.25) is 11.8 Å². The van der Waals surface area contributed by atoms with Gasteiger partial charge in [0.15, 0.2) is 0 Å². The lowest BCUT2D eigenvalue weighted by Gasteiger charge is -2.29. The molecule has 0 spiro atoms. The SMILES string of the molecule is Cc1nc(CN(CC(C)C)C(=O)C(Cc2ccc3occc3c2)NC(=O)CC(C)(C)C)cs1. The number of fused-ring (bicyclic) bond motifs is 1. The second-order valence-corrected chi connectivity index (χ2v) is 11.4. The van der Waals surface area contributed by atoms with E-state index in [2.05, 4.69) is 24.1 Å². The van der Waals surface area contributed by atoms with E-state index < -0.39 is 6.04 Å². The summed E-state index contributed by atoms with van der Waals surface area (Å²) in [4.78, 5) is 33.0. The van der Waals surface area contributed by atoms with Crippen molar-refractivity contribution < 1.29 is 14.0 Å². The third-order valence-electron chi connectivity index (χ3n) is 5.20. The highest BCUT2D eigenvalue weighted by Gasteiger charge is 2.29. The fourth-order valence-corrected chi connectivity index (χ4v) is 4.48. The molecule has 2 aromatic heterocycles. The fraction of sp³-hybridized carbons (Fsp3) is 0.500. The molecule has 0 fully saturated rings. The Bertz CT molecular complexity index is 1090. The highest BCUT2D eigenvalue weighted by molar-refractivity contribution is 7.09. The molecule has 6 nitrogen and oxygen atoms in total. The maximum Gasteiger partial charge on any atom is 0.245 e. The van der Waals surface area contributed by atoms with Crippen LogP contribution >= 0.6 is 11.3 Å². The molecule has 0 aliphatic heterocycles. The van der Waals surface area contributed by atoms with Crippen LogP contribution in [0.4, 0.5) is 0 Å². The topological polar surface area (TPSA) is 75.4 Å². The third kappa shape index (κ3) is 7.42. The minimum Gasteiger partial charge on any atom is -0.464 e. The van der Waals surface area contributed by atoms with Crippen LogP contribution < -0.4 is 5.32 Å². The summed E-state index contributed by atoms with van der Waals surface area (Å²) in [5.74, 6) is 0.102. The van der Waals surface area contributed by atoms with E-state index in [0.717, 1.165) is 27.2 Å². The first kappa shape index (κ1) is 25.0. The van der Waals surface area contributed by atoms with Crippen molar-refractivity contribution in [1.82, 2.24) is 15.2 Å². The van der Waals surface area contributed by atoms with Gasteiger partial charge in [0.05, 0.1) is 23.5 Å². The molecule has 2 amide bonds. The molecular formula is C26H35N3O3S. The lowest BCUT2D eigenvalue weighted by Crippen LogP contribution is -2.50. The van der Waals surface area contributed by atoms with Crippen molar-refractivity contribution in [1.29, 1.82) is 0 Å². The quantitative estimate of drug-likeness (QED) is 0.459. The molecule has 0 aliphatic rings. The molecule has 1 atom stereocenters. The van der Waals surface area contributed by atoms with E-state index in [1.165, 1.54) is 0 Å². The Hall–Kier alpha value is -2.67. The fourth-order valence-electron chi connectivity index (χ4n) is 3.88. The van der Waals surface area contributed by atoms with Crippen LogP contribution in [0.25, 0.3) is 11.0 Å². The number of carbonyl (C=O) groups is 2. The second kappa shape index (κ2) is 10.5. The first-order chi connectivity index (χ1) is 15.5. The Morgan fingerprint density at radius 1 is 1.21 bits per heavy atom. The average Bonchev–Trinajstić information content (AvgIpc) is 3.32. The van der Waals surface area contributed by atoms with Gasteiger partial charge in [-0.3, -0.25) is 9.59 Å². The number of furan rings is 1. The lowest BCUT2D eigenvalue weighted by molar-refractivity contribution is -0.137. The van der Waals surface area contributed by atoms with Crippen LogP contribution in [-0.4, -0.2) is 34.3 Å². The summed E-state index contributed by atoms with van der Waals surface area (Å²) in [5, 5.41) is 6.99. The van der Waals surface area contributed by atoms with Crippen LogP contribution in [0.5, 0.6) is 0 Å². The summed E-state index contributed by atoms with van der Waals surface area (Å²) < 4.78 is 5.44. The van der Waals surface area contributed by atoms with Crippen LogP contribution in [0.2, 0.25) is 0 Å². The van der Waals surface area contributed by atoms with Crippen LogP contribution in [0.15, 0.2) is 40.3 Å². The number of aromatic nitrogens is 1. The van der Waals surface area contributed by atoms with E-state index in [1.807, 2.05) is 62.2 Å². The molecule has 0 saturated heterocycles. The molecule has 0 bridgehead atoms. The maximum atomic E-state index is 13.8. The maximum absolute atomic E-state index is 13.8. The van der Waals surface area contributed by atoms with Gasteiger partial charge in [0, 0.05) is 30.2 Å². The van der Waals surface area contributed by atoms with Crippen molar-refractivity contribution in [2.24, 2.45) is 11.3 Å². The molecule has 0 radical (unpaired) electrons. The van der Waals surface area contributed by atoms with Crippen molar-refractivity contribution in [2.45, 2.75) is 67.0 Å². The number of carbonyl (C=O) groups excluding carboxylic acids is 2. The highest BCUT2D eigenvalue weighted by atomic mass is 32.1. The first-order valence-electron chi connectivity index (χ1n) is 11.5. The zero-order valence-electron chi connectivity index (χ0n) is 20.5. The zero-order valence-corrected chi connectivity index (χ0v) is 21.3. The van der Waals surface area contributed by atoms with Gasteiger partial charge in [-0.2, -0.15) is 0 Å². The lowest BCUT2D eigenvalue weighted by atomic mass is 9.91. The molecule has 3 aromatic rings. The minimum atomic E-state index is -0.650. The van der Waals surface area contributed by atoms with E-state index in [0.29, 0.717) is 31.8 Å². The Balaban J connectivity index is 1.86. The monoisotopic (exact) mass is 469 g/mol. The van der Waals surface area contributed by atoms with Crippen molar-refractivity contribution >= 4 is 34.1 Å². The molecular weight excluding hydrogens is 434 g/mol. The zero-order chi connectivity index (χ0) is 24.2. The molecule has 0 aliphatic carbocycles. The molecule has 7 heteroatoms. The van der Waals surface area contributed by atoms with Gasteiger partial charge < -0.3 is 14.6 Å². The molecule has 33 heavy (non-hydrogen) atoms. The van der Waals surface area contributed by atoms with E-state index in [4.69, 9.17) is 4.42 Å². The predicted molar refractivity (Wildman–Crippen MR) is 133 cm³/mol. The number of thiazole rings is 1. The summed E-state index contributed by atoms with van der Waals surface area (Å²) in [6, 6.07) is 7.14. The van der Waals surface area contributed by atoms with Crippen molar-refractivity contribution in [3.05, 3.63) is 52.2 Å². The first-order valence-corrected chi connectivity index (χ1v) is 12.3. The minimum absolute atomic E-state index is 0.0797. The van der Waals surface area contributed by atoms with Gasteiger partial charge in [-0.15, -0.1) is 11.3 Å². The van der Waals surface area contributed by atoms with Gasteiger partial charge in [0.1, 0.15) is 11.6 Å². The number of benzene rings is 1. The predicted octanol–water partition coefficient (Wildman–Crippen LogP) is 5.35. The normalized spacial score (nSPS) is 12.8. The molecule has 1 N–H and O–H groups in total. The summed E-state index contributed by atoms with van der Waals surface area (Å²) in [7, 11) is 0. The summed E-state index contributed by atoms with van der Waals surface area (Å²) in [5.41, 5.74) is 2.50. The largest absolute Gasteiger partial charge is 0.464 e. The molecule has 2 heterocycles. The second-order valence-electron chi connectivity index (χ2n) is 10.3. The van der Waals surface area contributed by atoms with Gasteiger partial charge in [0.25, 0.3) is 0 Å². The van der Waals surface area contributed by atoms with Crippen molar-refractivity contribution in [2.75, 3.05) is 6.54 Å². The van der Waals surface area contributed by atoms with Gasteiger partial charge in [-0.25, -0.2) is 4.98 Å². The van der Waals surface area contributed by atoms with E-state index >= 15 is 0 Å². The van der Waals surface area contributed by atoms with Gasteiger partial charge in [-0.05, 0) is 42.0 Å². The van der Waals surface area contributed by atoms with Crippen molar-refractivity contribution in [3.63, 3.8) is 0 Å². The standard InChI is InChI=1S/C26H35N3O3S/c1-17(2)14-29(15-21-16-33-18(3)27-21)25(31)22(28-24(30)13-26(4,5)6)12-19-7-8-23-20(11-19)9-10-32-23/h7-11,16-17,22H,12-15H2,1-6H3,(H,28,30). The van der Waals surface area contributed by atoms with Gasteiger partial charge >= 0.3 is 0 Å². The number of amides is 2. The number of rotatable bonds is 9. The van der Waals surface area contributed by atoms with Crippen LogP contribution in [-0.2, 0) is 22.6 Å². The molecule has 178 valence electrons. The Morgan fingerprint density at radius 3 is 2.61 bits per heavy atom. The summed E-state index contributed by atoms with van der Waals surface area (Å²) >= 11 is 1.58. The smallest absolute Gasteiger partial charge is 0.245 e. The molecule has 1 unspecified atom stereocenters. The Morgan fingerprint density at radius 2 is 1.97 bits per heavy atom. The molecule has 1 aromatic carbocycles. The average molecular weight is 470 g/mol. The highest BCUT2D eigenvalue weighted by Crippen LogP contribution is 2.21. The van der Waals surface area contributed by atoms with Gasteiger partial charge in [-0.1, -0.05) is 40.7 Å². The third-order valence-corrected chi connectivity index (χ3v) is 6.02. The Labute approximate surface area is 200 Å². The van der Waals surface area contributed by atoms with E-state index in [1.54, 1.807) is 17.6 Å². The van der Waals surface area contributed by atoms with Crippen LogP contribution in [0, 0.1) is 18.3 Å². The number of aryl methyl sites for hydroxylation is 1. The number of nitrogens with zero attached hydrogens (tertiary/aromatic N) is 2. The van der Waals surface area contributed by atoms with Crippen LogP contribution in [0.1, 0.15) is 57.3 Å². The van der Waals surface area contributed by atoms with Crippen LogP contribution in [0.3, 0.4) is 0 Å². The van der Waals surface area contributed by atoms with E-state index in [-0.39, 0.29) is 17.2 Å². The Kier molecular flexibility index (Phi) is 7.95. The molecule has 0 saturated carbocycles. The summed E-state index contributed by atoms with van der Waals surface area (Å²) in [6.07, 6.45) is 2.43. The van der Waals surface area contributed by atoms with E-state index in [9.17, 15) is 9.59 Å². The number of nitrogens with one attached hydrogen (secondary N) is 1. The molecule has 3 rings (SSSR count). The van der Waals surface area contributed by atoms with Crippen molar-refractivity contribution in [3.8, 4) is 0 Å². The summed E-state index contributed by atoms with van der Waals surface area (Å²) in [6.45, 7) is 13.2.